The van der Waals surface area contributed by atoms with Gasteiger partial charge in [0.15, 0.2) is 5.78 Å². The summed E-state index contributed by atoms with van der Waals surface area (Å²) >= 11 is 0. The molecule has 0 radical (unpaired) electrons. The van der Waals surface area contributed by atoms with Crippen molar-refractivity contribution in [3.8, 4) is 0 Å². The van der Waals surface area contributed by atoms with Gasteiger partial charge in [-0.25, -0.2) is 4.98 Å². The summed E-state index contributed by atoms with van der Waals surface area (Å²) in [4.78, 5) is 21.7. The Morgan fingerprint density at radius 2 is 1.77 bits per heavy atom. The maximum atomic E-state index is 13.1. The van der Waals surface area contributed by atoms with Crippen LogP contribution in [0.1, 0.15) is 40.5 Å². The first-order valence-electron chi connectivity index (χ1n) is 9.92. The number of hydrogen-bond donors (Lipinski definition) is 2. The van der Waals surface area contributed by atoms with Gasteiger partial charge in [0, 0.05) is 17.8 Å². The fourth-order valence-electron chi connectivity index (χ4n) is 3.66. The number of para-hydroxylation sites is 1. The number of hydrogen-bond acceptors (Lipinski definition) is 5. The van der Waals surface area contributed by atoms with Gasteiger partial charge in [0.1, 0.15) is 5.82 Å². The first kappa shape index (κ1) is 20.8. The largest absolute Gasteiger partial charge is 0.416 e. The molecule has 1 aliphatic carbocycles. The topological polar surface area (TPSA) is 66.9 Å². The normalized spacial score (nSPS) is 16.0. The molecule has 31 heavy (non-hydrogen) atoms. The van der Waals surface area contributed by atoms with Crippen molar-refractivity contribution in [2.45, 2.75) is 32.9 Å². The molecule has 160 valence electrons. The standard InChI is InChI=1S/C23H21F3N4O/c1-13-10-18-20(19(31)11-13)21(28-17-9-4-3-6-14(17)2)30-22(29-18)27-16-8-5-7-15(12-16)23(24,25)26/h3-9,12-13H,10-11H2,1-2H3,(H2,27,28,29,30). The van der Waals surface area contributed by atoms with Crippen LogP contribution < -0.4 is 10.6 Å². The van der Waals surface area contributed by atoms with Crippen LogP contribution >= 0.6 is 0 Å². The van der Waals surface area contributed by atoms with E-state index in [4.69, 9.17) is 0 Å². The van der Waals surface area contributed by atoms with E-state index < -0.39 is 11.7 Å². The van der Waals surface area contributed by atoms with Crippen LogP contribution in [-0.2, 0) is 12.6 Å². The van der Waals surface area contributed by atoms with Crippen LogP contribution in [0.25, 0.3) is 0 Å². The lowest BCUT2D eigenvalue weighted by Crippen LogP contribution is -2.22. The molecule has 0 aliphatic heterocycles. The van der Waals surface area contributed by atoms with Gasteiger partial charge in [-0.05, 0) is 49.1 Å². The number of Topliss-reactive ketones (excluding diaryl/α,β-unsaturated/α-hetero) is 1. The van der Waals surface area contributed by atoms with Crippen molar-refractivity contribution in [3.63, 3.8) is 0 Å². The minimum absolute atomic E-state index is 0.0459. The first-order valence-corrected chi connectivity index (χ1v) is 9.92. The Hall–Kier alpha value is -3.42. The SMILES string of the molecule is Cc1ccccc1Nc1nc(Nc2cccc(C(F)(F)F)c2)nc2c1C(=O)CC(C)C2. The Morgan fingerprint density at radius 1 is 1.00 bits per heavy atom. The van der Waals surface area contributed by atoms with Crippen molar-refractivity contribution in [1.29, 1.82) is 0 Å². The number of nitrogens with one attached hydrogen (secondary N) is 2. The molecule has 2 N–H and O–H groups in total. The second kappa shape index (κ2) is 8.02. The van der Waals surface area contributed by atoms with Crippen LogP contribution in [0.4, 0.5) is 36.3 Å². The molecule has 0 fully saturated rings. The highest BCUT2D eigenvalue weighted by atomic mass is 19.4. The highest BCUT2D eigenvalue weighted by molar-refractivity contribution is 6.03. The van der Waals surface area contributed by atoms with Crippen molar-refractivity contribution in [1.82, 2.24) is 9.97 Å². The van der Waals surface area contributed by atoms with Gasteiger partial charge in [0.25, 0.3) is 0 Å². The van der Waals surface area contributed by atoms with Crippen molar-refractivity contribution < 1.29 is 18.0 Å². The average molecular weight is 426 g/mol. The summed E-state index contributed by atoms with van der Waals surface area (Å²) in [7, 11) is 0. The maximum absolute atomic E-state index is 13.1. The van der Waals surface area contributed by atoms with E-state index in [9.17, 15) is 18.0 Å². The molecule has 0 amide bonds. The fraction of sp³-hybridized carbons (Fsp3) is 0.261. The third-order valence-electron chi connectivity index (χ3n) is 5.18. The van der Waals surface area contributed by atoms with E-state index in [0.717, 1.165) is 23.4 Å². The zero-order valence-corrected chi connectivity index (χ0v) is 17.0. The summed E-state index contributed by atoms with van der Waals surface area (Å²) in [5, 5.41) is 6.08. The number of alkyl halides is 3. The van der Waals surface area contributed by atoms with Gasteiger partial charge in [-0.2, -0.15) is 18.2 Å². The molecular formula is C23H21F3N4O. The first-order chi connectivity index (χ1) is 14.7. The van der Waals surface area contributed by atoms with Crippen molar-refractivity contribution >= 4 is 28.9 Å². The second-order valence-electron chi connectivity index (χ2n) is 7.80. The Labute approximate surface area is 177 Å². The lowest BCUT2D eigenvalue weighted by molar-refractivity contribution is -0.137. The van der Waals surface area contributed by atoms with E-state index in [1.807, 2.05) is 38.1 Å². The molecule has 4 rings (SSSR count). The number of halogens is 3. The van der Waals surface area contributed by atoms with Gasteiger partial charge >= 0.3 is 6.18 Å². The van der Waals surface area contributed by atoms with Crippen LogP contribution in [0.15, 0.2) is 48.5 Å². The summed E-state index contributed by atoms with van der Waals surface area (Å²) < 4.78 is 39.2. The highest BCUT2D eigenvalue weighted by Crippen LogP contribution is 2.34. The number of fused-ring (bicyclic) bond motifs is 1. The Morgan fingerprint density at radius 3 is 2.52 bits per heavy atom. The lowest BCUT2D eigenvalue weighted by Gasteiger charge is -2.23. The molecule has 0 saturated heterocycles. The van der Waals surface area contributed by atoms with Gasteiger partial charge < -0.3 is 10.6 Å². The molecule has 5 nitrogen and oxygen atoms in total. The van der Waals surface area contributed by atoms with Crippen molar-refractivity contribution in [3.05, 3.63) is 70.9 Å². The number of nitrogens with zero attached hydrogens (tertiary/aromatic N) is 2. The molecular weight excluding hydrogens is 405 g/mol. The number of benzene rings is 2. The maximum Gasteiger partial charge on any atom is 0.416 e. The summed E-state index contributed by atoms with van der Waals surface area (Å²) in [5.41, 5.74) is 2.24. The van der Waals surface area contributed by atoms with Crippen LogP contribution in [0.2, 0.25) is 0 Å². The molecule has 2 aromatic carbocycles. The monoisotopic (exact) mass is 426 g/mol. The third kappa shape index (κ3) is 4.52. The van der Waals surface area contributed by atoms with E-state index in [-0.39, 0.29) is 23.3 Å². The summed E-state index contributed by atoms with van der Waals surface area (Å²) in [5.74, 6) is 0.569. The van der Waals surface area contributed by atoms with Crippen molar-refractivity contribution in [2.75, 3.05) is 10.6 Å². The lowest BCUT2D eigenvalue weighted by atomic mass is 9.87. The second-order valence-corrected chi connectivity index (χ2v) is 7.80. The fourth-order valence-corrected chi connectivity index (χ4v) is 3.66. The van der Waals surface area contributed by atoms with E-state index in [0.29, 0.717) is 29.9 Å². The minimum Gasteiger partial charge on any atom is -0.339 e. The van der Waals surface area contributed by atoms with Gasteiger partial charge in [-0.15, -0.1) is 0 Å². The highest BCUT2D eigenvalue weighted by Gasteiger charge is 2.31. The van der Waals surface area contributed by atoms with Crippen LogP contribution in [0.3, 0.4) is 0 Å². The predicted molar refractivity (Wildman–Crippen MR) is 113 cm³/mol. The third-order valence-corrected chi connectivity index (χ3v) is 5.18. The van der Waals surface area contributed by atoms with E-state index in [1.165, 1.54) is 12.1 Å². The number of carbonyl (C=O) groups excluding carboxylic acids is 1. The summed E-state index contributed by atoms with van der Waals surface area (Å²) in [6.07, 6.45) is -3.46. The van der Waals surface area contributed by atoms with Crippen LogP contribution in [-0.4, -0.2) is 15.8 Å². The number of rotatable bonds is 4. The van der Waals surface area contributed by atoms with Crippen LogP contribution in [0.5, 0.6) is 0 Å². The molecule has 0 bridgehead atoms. The minimum atomic E-state index is -4.45. The number of anilines is 4. The summed E-state index contributed by atoms with van der Waals surface area (Å²) in [6, 6.07) is 12.4. The molecule has 1 unspecified atom stereocenters. The molecule has 1 atom stereocenters. The number of carbonyl (C=O) groups is 1. The molecule has 0 saturated carbocycles. The predicted octanol–water partition coefficient (Wildman–Crippen LogP) is 6.06. The number of ketones is 1. The van der Waals surface area contributed by atoms with E-state index in [1.54, 1.807) is 0 Å². The van der Waals surface area contributed by atoms with Gasteiger partial charge in [0.05, 0.1) is 16.8 Å². The van der Waals surface area contributed by atoms with E-state index in [2.05, 4.69) is 20.6 Å². The number of aromatic nitrogens is 2. The Kier molecular flexibility index (Phi) is 5.39. The quantitative estimate of drug-likeness (QED) is 0.531. The zero-order chi connectivity index (χ0) is 22.2. The average Bonchev–Trinajstić information content (AvgIpc) is 2.68. The molecule has 0 spiro atoms. The Bertz CT molecular complexity index is 1140. The zero-order valence-electron chi connectivity index (χ0n) is 17.0. The number of aryl methyl sites for hydroxylation is 1. The van der Waals surface area contributed by atoms with E-state index >= 15 is 0 Å². The Balaban J connectivity index is 1.75. The molecule has 1 aliphatic rings. The molecule has 3 aromatic rings. The van der Waals surface area contributed by atoms with Gasteiger partial charge in [0.2, 0.25) is 5.95 Å². The molecule has 8 heteroatoms. The summed E-state index contributed by atoms with van der Waals surface area (Å²) in [6.45, 7) is 3.90. The molecule has 1 heterocycles. The van der Waals surface area contributed by atoms with Crippen molar-refractivity contribution in [2.24, 2.45) is 5.92 Å². The smallest absolute Gasteiger partial charge is 0.339 e. The molecule has 1 aromatic heterocycles. The van der Waals surface area contributed by atoms with Crippen LogP contribution in [0, 0.1) is 12.8 Å². The van der Waals surface area contributed by atoms with Gasteiger partial charge in [-0.3, -0.25) is 4.79 Å². The van der Waals surface area contributed by atoms with Gasteiger partial charge in [-0.1, -0.05) is 31.2 Å².